The molecular weight excluding hydrogens is 803 g/mol. The lowest BCUT2D eigenvalue weighted by Gasteiger charge is -2.15. The van der Waals surface area contributed by atoms with Crippen molar-refractivity contribution in [3.8, 4) is 35.3 Å². The first kappa shape index (κ1) is 39.7. The van der Waals surface area contributed by atoms with Crippen LogP contribution in [0.25, 0.3) is 11.1 Å². The SMILES string of the molecule is C#CCOc1c(F)c(F)c(-c2c(F)c(F)c(Sc3ccc(Sc4ccc(Sc5cccc(Sc6ccc(C)cc6)c5C#N)cc4)cc3)c(F)c2F)c(F)c1F. The molecule has 0 saturated carbocycles. The van der Waals surface area contributed by atoms with Gasteiger partial charge < -0.3 is 4.74 Å². The molecule has 0 heterocycles. The molecule has 276 valence electrons. The van der Waals surface area contributed by atoms with Gasteiger partial charge >= 0.3 is 0 Å². The molecule has 14 heteroatoms. The molecule has 0 radical (unpaired) electrons. The van der Waals surface area contributed by atoms with E-state index in [-0.39, 0.29) is 16.7 Å². The number of hydrogen-bond donors (Lipinski definition) is 0. The third-order valence-electron chi connectivity index (χ3n) is 7.68. The highest BCUT2D eigenvalue weighted by Gasteiger charge is 2.35. The van der Waals surface area contributed by atoms with E-state index >= 15 is 17.6 Å². The molecule has 0 aliphatic rings. The lowest BCUT2D eigenvalue weighted by atomic mass is 10.0. The van der Waals surface area contributed by atoms with Crippen LogP contribution in [0.15, 0.2) is 130 Å². The van der Waals surface area contributed by atoms with Crippen LogP contribution in [0.1, 0.15) is 11.1 Å². The Morgan fingerprint density at radius 3 is 1.33 bits per heavy atom. The van der Waals surface area contributed by atoms with Crippen molar-refractivity contribution >= 4 is 47.0 Å². The molecule has 0 fully saturated rings. The Hall–Kier alpha value is -4.99. The van der Waals surface area contributed by atoms with E-state index in [0.717, 1.165) is 30.0 Å². The molecule has 0 N–H and O–H groups in total. The summed E-state index contributed by atoms with van der Waals surface area (Å²) in [7, 11) is 0. The van der Waals surface area contributed by atoms with Crippen molar-refractivity contribution < 1.29 is 39.9 Å². The minimum Gasteiger partial charge on any atom is -0.475 e. The van der Waals surface area contributed by atoms with Gasteiger partial charge in [-0.1, -0.05) is 76.7 Å². The van der Waals surface area contributed by atoms with Crippen LogP contribution >= 0.6 is 47.0 Å². The summed E-state index contributed by atoms with van der Waals surface area (Å²) < 4.78 is 124. The molecule has 0 spiro atoms. The van der Waals surface area contributed by atoms with Crippen molar-refractivity contribution in [3.05, 3.63) is 149 Å². The van der Waals surface area contributed by atoms with E-state index < -0.39 is 74.9 Å². The maximum absolute atomic E-state index is 15.2. The van der Waals surface area contributed by atoms with E-state index in [4.69, 9.17) is 6.42 Å². The Balaban J connectivity index is 1.16. The quantitative estimate of drug-likeness (QED) is 0.0735. The molecule has 2 nitrogen and oxygen atoms in total. The number of rotatable bonds is 11. The summed E-state index contributed by atoms with van der Waals surface area (Å²) in [6.07, 6.45) is 4.91. The standard InChI is InChI=1S/C41H21F8NOS4/c1-3-19-51-40-36(46)32(42)30(33(43)37(40)47)31-34(44)38(48)41(39(49)35(31)45)55-26-17-13-23(14-18-26)52-22-11-15-25(16-12-22)54-29-6-4-5-28(27(29)20-50)53-24-9-7-21(2)8-10-24/h1,4-18H,19H2,2H3. The lowest BCUT2D eigenvalue weighted by Crippen LogP contribution is -2.10. The van der Waals surface area contributed by atoms with E-state index in [9.17, 15) is 22.8 Å². The van der Waals surface area contributed by atoms with Gasteiger partial charge in [0.05, 0.1) is 21.6 Å². The second-order valence-corrected chi connectivity index (χ2v) is 15.8. The topological polar surface area (TPSA) is 33.0 Å². The van der Waals surface area contributed by atoms with E-state index in [2.05, 4.69) is 10.8 Å². The molecule has 0 aliphatic carbocycles. The van der Waals surface area contributed by atoms with Crippen molar-refractivity contribution in [2.75, 3.05) is 6.61 Å². The van der Waals surface area contributed by atoms with Gasteiger partial charge in [-0.3, -0.25) is 0 Å². The predicted octanol–water partition coefficient (Wildman–Crippen LogP) is 13.3. The van der Waals surface area contributed by atoms with Gasteiger partial charge in [-0.15, -0.1) is 6.42 Å². The van der Waals surface area contributed by atoms with Crippen molar-refractivity contribution in [2.45, 2.75) is 46.1 Å². The highest BCUT2D eigenvalue weighted by atomic mass is 32.2. The molecule has 0 aliphatic heterocycles. The van der Waals surface area contributed by atoms with Gasteiger partial charge in [0.25, 0.3) is 0 Å². The highest BCUT2D eigenvalue weighted by molar-refractivity contribution is 8.00. The Bertz CT molecular complexity index is 2440. The van der Waals surface area contributed by atoms with Gasteiger partial charge in [-0.05, 0) is 79.7 Å². The lowest BCUT2D eigenvalue weighted by molar-refractivity contribution is 0.307. The minimum atomic E-state index is -2.35. The molecule has 0 saturated heterocycles. The molecule has 6 aromatic carbocycles. The molecule has 6 rings (SSSR count). The first-order chi connectivity index (χ1) is 26.4. The molecule has 0 unspecified atom stereocenters. The summed E-state index contributed by atoms with van der Waals surface area (Å²) in [5.41, 5.74) is -2.27. The van der Waals surface area contributed by atoms with Gasteiger partial charge in [-0.2, -0.15) is 14.0 Å². The van der Waals surface area contributed by atoms with Gasteiger partial charge in [0, 0.05) is 34.3 Å². The number of hydrogen-bond acceptors (Lipinski definition) is 6. The fourth-order valence-corrected chi connectivity index (χ4v) is 8.66. The van der Waals surface area contributed by atoms with Crippen LogP contribution < -0.4 is 4.74 Å². The smallest absolute Gasteiger partial charge is 0.204 e. The van der Waals surface area contributed by atoms with Crippen molar-refractivity contribution in [1.82, 2.24) is 0 Å². The van der Waals surface area contributed by atoms with Gasteiger partial charge in [0.15, 0.2) is 40.7 Å². The molecule has 0 amide bonds. The Morgan fingerprint density at radius 1 is 0.527 bits per heavy atom. The fraction of sp³-hybridized carbons (Fsp3) is 0.0488. The monoisotopic (exact) mass is 823 g/mol. The van der Waals surface area contributed by atoms with Crippen LogP contribution in [0.3, 0.4) is 0 Å². The number of terminal acetylenes is 1. The third kappa shape index (κ3) is 8.48. The van der Waals surface area contributed by atoms with Crippen LogP contribution in [0.4, 0.5) is 35.1 Å². The van der Waals surface area contributed by atoms with E-state index in [0.29, 0.717) is 10.5 Å². The number of benzene rings is 6. The number of halogens is 8. The molecule has 6 aromatic rings. The largest absolute Gasteiger partial charge is 0.475 e. The number of nitriles is 1. The first-order valence-electron chi connectivity index (χ1n) is 15.7. The maximum Gasteiger partial charge on any atom is 0.204 e. The molecule has 0 aromatic heterocycles. The summed E-state index contributed by atoms with van der Waals surface area (Å²) in [5.74, 6) is -17.5. The summed E-state index contributed by atoms with van der Waals surface area (Å²) in [6.45, 7) is 1.20. The molecular formula is C41H21F8NOS4. The third-order valence-corrected chi connectivity index (χ3v) is 11.9. The predicted molar refractivity (Wildman–Crippen MR) is 198 cm³/mol. The van der Waals surface area contributed by atoms with Gasteiger partial charge in [0.2, 0.25) is 11.6 Å². The second kappa shape index (κ2) is 17.2. The highest BCUT2D eigenvalue weighted by Crippen LogP contribution is 2.44. The van der Waals surface area contributed by atoms with Crippen molar-refractivity contribution in [3.63, 3.8) is 0 Å². The van der Waals surface area contributed by atoms with Crippen molar-refractivity contribution in [1.29, 1.82) is 5.26 Å². The van der Waals surface area contributed by atoms with E-state index in [1.807, 2.05) is 79.6 Å². The molecule has 0 bridgehead atoms. The number of ether oxygens (including phenoxy) is 1. The van der Waals surface area contributed by atoms with Crippen LogP contribution in [0.5, 0.6) is 5.75 Å². The van der Waals surface area contributed by atoms with Crippen LogP contribution in [-0.4, -0.2) is 6.61 Å². The van der Waals surface area contributed by atoms with Gasteiger partial charge in [-0.25, -0.2) is 26.3 Å². The average Bonchev–Trinajstić information content (AvgIpc) is 3.18. The molecule has 0 atom stereocenters. The summed E-state index contributed by atoms with van der Waals surface area (Å²) in [6, 6.07) is 29.7. The zero-order chi connectivity index (χ0) is 39.4. The van der Waals surface area contributed by atoms with E-state index in [1.165, 1.54) is 47.4 Å². The molecule has 55 heavy (non-hydrogen) atoms. The zero-order valence-electron chi connectivity index (χ0n) is 28.0. The Labute approximate surface area is 327 Å². The van der Waals surface area contributed by atoms with Crippen LogP contribution in [0.2, 0.25) is 0 Å². The second-order valence-electron chi connectivity index (χ2n) is 11.3. The van der Waals surface area contributed by atoms with Crippen molar-refractivity contribution in [2.24, 2.45) is 0 Å². The van der Waals surface area contributed by atoms with Crippen LogP contribution in [-0.2, 0) is 0 Å². The maximum atomic E-state index is 15.2. The first-order valence-corrected chi connectivity index (χ1v) is 19.0. The average molecular weight is 824 g/mol. The summed E-state index contributed by atoms with van der Waals surface area (Å²) in [4.78, 5) is 4.06. The Kier molecular flexibility index (Phi) is 12.4. The normalized spacial score (nSPS) is 11.0. The minimum absolute atomic E-state index is 0.140. The number of nitrogens with zero attached hydrogens (tertiary/aromatic N) is 1. The van der Waals surface area contributed by atoms with Gasteiger partial charge in [0.1, 0.15) is 12.7 Å². The Morgan fingerprint density at radius 2 is 0.909 bits per heavy atom. The van der Waals surface area contributed by atoms with E-state index in [1.54, 1.807) is 12.1 Å². The number of aryl methyl sites for hydroxylation is 1. The fourth-order valence-electron chi connectivity index (χ4n) is 5.05. The summed E-state index contributed by atoms with van der Waals surface area (Å²) in [5, 5.41) is 9.97. The van der Waals surface area contributed by atoms with Crippen LogP contribution in [0, 0.1) is 77.1 Å². The summed E-state index contributed by atoms with van der Waals surface area (Å²) >= 11 is 4.60. The zero-order valence-corrected chi connectivity index (χ0v) is 31.2.